The quantitative estimate of drug-likeness (QED) is 0.188. The molecule has 1 N–H and O–H groups in total. The average Bonchev–Trinajstić information content (AvgIpc) is 2.97. The zero-order valence-corrected chi connectivity index (χ0v) is 28.9. The Bertz CT molecular complexity index is 1010. The van der Waals surface area contributed by atoms with Gasteiger partial charge in [-0.15, -0.1) is 0 Å². The molecule has 0 radical (unpaired) electrons. The number of hydrogen-bond acceptors (Lipinski definition) is 16. The van der Waals surface area contributed by atoms with Gasteiger partial charge < -0.3 is 47.9 Å². The minimum absolute atomic E-state index is 0.00787. The van der Waals surface area contributed by atoms with Crippen molar-refractivity contribution >= 4 is 41.9 Å². The van der Waals surface area contributed by atoms with Crippen molar-refractivity contribution in [1.82, 2.24) is 5.32 Å². The van der Waals surface area contributed by atoms with Crippen LogP contribution in [-0.4, -0.2) is 122 Å². The van der Waals surface area contributed by atoms with Crippen LogP contribution in [0.3, 0.4) is 0 Å². The fourth-order valence-electron chi connectivity index (χ4n) is 4.49. The number of carbonyl (C=O) groups excluding carboxylic acids is 7. The SMILES string of the molecule is COC(=O)CCC(NC(=O)OC(C)(C)C)C(=O)OC.COCC(C)OC(=O)C1C(C(=O)OC)C(C(=O)OC(C)COC)C1C(=O)OC. The largest absolute Gasteiger partial charge is 0.469 e. The van der Waals surface area contributed by atoms with Gasteiger partial charge in [0.05, 0.1) is 65.3 Å². The van der Waals surface area contributed by atoms with Crippen molar-refractivity contribution in [3.05, 3.63) is 0 Å². The van der Waals surface area contributed by atoms with Gasteiger partial charge in [-0.25, -0.2) is 9.59 Å². The van der Waals surface area contributed by atoms with Gasteiger partial charge in [0.25, 0.3) is 0 Å². The first-order valence-corrected chi connectivity index (χ1v) is 14.6. The van der Waals surface area contributed by atoms with Gasteiger partial charge in [-0.3, -0.25) is 24.0 Å². The molecule has 1 aliphatic rings. The van der Waals surface area contributed by atoms with E-state index in [9.17, 15) is 33.6 Å². The maximum absolute atomic E-state index is 12.6. The third kappa shape index (κ3) is 14.5. The van der Waals surface area contributed by atoms with Crippen LogP contribution in [0.4, 0.5) is 4.79 Å². The fraction of sp³-hybridized carbons (Fsp3) is 0.767. The lowest BCUT2D eigenvalue weighted by molar-refractivity contribution is -0.202. The Morgan fingerprint density at radius 2 is 1.02 bits per heavy atom. The van der Waals surface area contributed by atoms with Crippen LogP contribution in [0, 0.1) is 23.7 Å². The van der Waals surface area contributed by atoms with Crippen molar-refractivity contribution in [3.8, 4) is 0 Å². The van der Waals surface area contributed by atoms with Crippen molar-refractivity contribution in [3.63, 3.8) is 0 Å². The number of nitrogens with one attached hydrogen (secondary N) is 1. The molecule has 0 aliphatic heterocycles. The van der Waals surface area contributed by atoms with E-state index in [1.807, 2.05) is 0 Å². The van der Waals surface area contributed by atoms with Gasteiger partial charge in [-0.1, -0.05) is 0 Å². The van der Waals surface area contributed by atoms with Crippen LogP contribution in [0.1, 0.15) is 47.5 Å². The van der Waals surface area contributed by atoms with E-state index >= 15 is 0 Å². The van der Waals surface area contributed by atoms with Crippen LogP contribution in [0.15, 0.2) is 0 Å². The summed E-state index contributed by atoms with van der Waals surface area (Å²) in [6, 6.07) is -0.945. The van der Waals surface area contributed by atoms with E-state index in [1.54, 1.807) is 34.6 Å². The molecule has 1 saturated carbocycles. The molecule has 17 heteroatoms. The molecule has 1 amide bonds. The lowest BCUT2D eigenvalue weighted by Gasteiger charge is -2.45. The molecule has 47 heavy (non-hydrogen) atoms. The zero-order valence-electron chi connectivity index (χ0n) is 28.9. The van der Waals surface area contributed by atoms with E-state index in [1.165, 1.54) is 28.4 Å². The minimum atomic E-state index is -1.23. The van der Waals surface area contributed by atoms with Crippen LogP contribution in [0.25, 0.3) is 0 Å². The normalized spacial score (nSPS) is 20.2. The van der Waals surface area contributed by atoms with Crippen LogP contribution >= 0.6 is 0 Å². The fourth-order valence-corrected chi connectivity index (χ4v) is 4.49. The summed E-state index contributed by atoms with van der Waals surface area (Å²) in [5, 5.41) is 2.36. The van der Waals surface area contributed by atoms with E-state index < -0.39 is 89.4 Å². The molecular formula is C30H49NO16. The number of carbonyl (C=O) groups is 7. The molecule has 0 heterocycles. The highest BCUT2D eigenvalue weighted by atomic mass is 16.6. The van der Waals surface area contributed by atoms with Gasteiger partial charge >= 0.3 is 41.9 Å². The summed E-state index contributed by atoms with van der Waals surface area (Å²) in [5.41, 5.74) is -0.674. The van der Waals surface area contributed by atoms with E-state index in [-0.39, 0.29) is 26.1 Å². The number of hydrogen-bond donors (Lipinski definition) is 1. The number of amides is 1. The number of methoxy groups -OCH3 is 6. The van der Waals surface area contributed by atoms with Crippen molar-refractivity contribution in [2.45, 2.75) is 71.3 Å². The predicted molar refractivity (Wildman–Crippen MR) is 159 cm³/mol. The average molecular weight is 680 g/mol. The summed E-state index contributed by atoms with van der Waals surface area (Å²) in [6.45, 7) is 8.56. The third-order valence-electron chi connectivity index (χ3n) is 6.52. The molecule has 0 aromatic heterocycles. The Kier molecular flexibility index (Phi) is 19.2. The minimum Gasteiger partial charge on any atom is -0.469 e. The zero-order chi connectivity index (χ0) is 36.5. The molecule has 1 fully saturated rings. The summed E-state index contributed by atoms with van der Waals surface area (Å²) in [6.07, 6.45) is -1.89. The molecule has 17 nitrogen and oxygen atoms in total. The maximum Gasteiger partial charge on any atom is 0.408 e. The molecule has 0 aromatic carbocycles. The molecule has 1 rings (SSSR count). The molecule has 0 bridgehead atoms. The molecule has 0 saturated heterocycles. The van der Waals surface area contributed by atoms with Gasteiger partial charge in [0.1, 0.15) is 23.9 Å². The summed E-state index contributed by atoms with van der Waals surface area (Å²) in [7, 11) is 7.57. The smallest absolute Gasteiger partial charge is 0.408 e. The Morgan fingerprint density at radius 1 is 0.617 bits per heavy atom. The number of rotatable bonds is 15. The topological polar surface area (TPSA) is 215 Å². The van der Waals surface area contributed by atoms with Crippen molar-refractivity contribution < 1.29 is 76.2 Å². The van der Waals surface area contributed by atoms with Gasteiger partial charge in [0, 0.05) is 20.6 Å². The van der Waals surface area contributed by atoms with E-state index in [4.69, 9.17) is 33.2 Å². The molecule has 3 unspecified atom stereocenters. The molecule has 270 valence electrons. The summed E-state index contributed by atoms with van der Waals surface area (Å²) < 4.78 is 43.8. The van der Waals surface area contributed by atoms with Crippen LogP contribution in [-0.2, 0) is 71.4 Å². The lowest BCUT2D eigenvalue weighted by atomic mass is 9.56. The van der Waals surface area contributed by atoms with E-state index in [0.717, 1.165) is 14.2 Å². The summed E-state index contributed by atoms with van der Waals surface area (Å²) >= 11 is 0. The first-order valence-electron chi connectivity index (χ1n) is 14.6. The van der Waals surface area contributed by atoms with Crippen LogP contribution in [0.2, 0.25) is 0 Å². The Hall–Kier alpha value is -3.99. The maximum atomic E-state index is 12.6. The van der Waals surface area contributed by atoms with Gasteiger partial charge in [0.15, 0.2) is 0 Å². The van der Waals surface area contributed by atoms with Gasteiger partial charge in [0.2, 0.25) is 0 Å². The van der Waals surface area contributed by atoms with Crippen LogP contribution in [0.5, 0.6) is 0 Å². The monoisotopic (exact) mass is 679 g/mol. The number of ether oxygens (including phenoxy) is 9. The Labute approximate surface area is 274 Å². The van der Waals surface area contributed by atoms with Crippen molar-refractivity contribution in [2.24, 2.45) is 23.7 Å². The predicted octanol–water partition coefficient (Wildman–Crippen LogP) is 0.973. The second kappa shape index (κ2) is 21.0. The van der Waals surface area contributed by atoms with Gasteiger partial charge in [-0.2, -0.15) is 0 Å². The highest BCUT2D eigenvalue weighted by molar-refractivity contribution is 5.97. The Balaban J connectivity index is 0.000000974. The van der Waals surface area contributed by atoms with E-state index in [0.29, 0.717) is 0 Å². The molecule has 1 aliphatic carbocycles. The summed E-state index contributed by atoms with van der Waals surface area (Å²) in [5.74, 6) is -9.28. The lowest BCUT2D eigenvalue weighted by Crippen LogP contribution is -2.61. The Morgan fingerprint density at radius 3 is 1.34 bits per heavy atom. The first-order chi connectivity index (χ1) is 21.9. The van der Waals surface area contributed by atoms with Gasteiger partial charge in [-0.05, 0) is 41.0 Å². The number of esters is 6. The first kappa shape index (κ1) is 43.0. The second-order valence-corrected chi connectivity index (χ2v) is 11.4. The van der Waals surface area contributed by atoms with Crippen molar-refractivity contribution in [1.29, 1.82) is 0 Å². The van der Waals surface area contributed by atoms with Crippen molar-refractivity contribution in [2.75, 3.05) is 55.9 Å². The molecule has 0 spiro atoms. The molecule has 0 aromatic rings. The third-order valence-corrected chi connectivity index (χ3v) is 6.52. The molecule has 3 atom stereocenters. The standard InChI is InChI=1S/C18H28O10.C12H21NO6/c1-9(7-23-3)27-17(21)13-11(15(19)25-5)14(12(13)16(20)26-6)18(22)28-10(2)8-24-4;1-12(2,3)19-11(16)13-8(10(15)18-5)6-7-9(14)17-4/h9-14H,7-8H2,1-6H3;8H,6-7H2,1-5H3,(H,13,16). The number of alkyl carbamates (subject to hydrolysis) is 1. The second-order valence-electron chi connectivity index (χ2n) is 11.4. The van der Waals surface area contributed by atoms with E-state index in [2.05, 4.69) is 14.8 Å². The highest BCUT2D eigenvalue weighted by Gasteiger charge is 2.66. The highest BCUT2D eigenvalue weighted by Crippen LogP contribution is 2.49. The summed E-state index contributed by atoms with van der Waals surface area (Å²) in [4.78, 5) is 83.8. The molecular weight excluding hydrogens is 630 g/mol. The van der Waals surface area contributed by atoms with Crippen LogP contribution < -0.4 is 5.32 Å².